The number of carbonyl (C=O) groups is 2. The molecule has 0 fully saturated rings. The SMILES string of the molecule is COC(=O)c1ccc(F)cc1NC(=O)CCNC(C)C. The van der Waals surface area contributed by atoms with Crippen molar-refractivity contribution in [1.82, 2.24) is 5.32 Å². The Labute approximate surface area is 117 Å². The first-order chi connectivity index (χ1) is 9.43. The lowest BCUT2D eigenvalue weighted by molar-refractivity contribution is -0.116. The maximum atomic E-state index is 13.2. The first kappa shape index (κ1) is 16.1. The van der Waals surface area contributed by atoms with Gasteiger partial charge in [0.25, 0.3) is 0 Å². The second kappa shape index (κ2) is 7.59. The molecule has 1 amide bonds. The molecule has 1 aromatic carbocycles. The van der Waals surface area contributed by atoms with E-state index < -0.39 is 11.8 Å². The van der Waals surface area contributed by atoms with Crippen LogP contribution in [0.25, 0.3) is 0 Å². The summed E-state index contributed by atoms with van der Waals surface area (Å²) in [6.45, 7) is 4.45. The van der Waals surface area contributed by atoms with Gasteiger partial charge in [-0.3, -0.25) is 4.79 Å². The van der Waals surface area contributed by atoms with Crippen LogP contribution in [-0.4, -0.2) is 31.6 Å². The topological polar surface area (TPSA) is 67.4 Å². The lowest BCUT2D eigenvalue weighted by Crippen LogP contribution is -2.27. The van der Waals surface area contributed by atoms with Gasteiger partial charge in [0.15, 0.2) is 0 Å². The smallest absolute Gasteiger partial charge is 0.339 e. The van der Waals surface area contributed by atoms with Crippen LogP contribution in [0.1, 0.15) is 30.6 Å². The fourth-order valence-electron chi connectivity index (χ4n) is 1.59. The number of esters is 1. The van der Waals surface area contributed by atoms with Gasteiger partial charge in [-0.1, -0.05) is 13.8 Å². The van der Waals surface area contributed by atoms with Crippen molar-refractivity contribution in [2.45, 2.75) is 26.3 Å². The van der Waals surface area contributed by atoms with Crippen LogP contribution in [0.4, 0.5) is 10.1 Å². The van der Waals surface area contributed by atoms with E-state index in [1.807, 2.05) is 13.8 Å². The van der Waals surface area contributed by atoms with Gasteiger partial charge in [-0.15, -0.1) is 0 Å². The molecule has 5 nitrogen and oxygen atoms in total. The standard InChI is InChI=1S/C14H19FN2O3/c1-9(2)16-7-6-13(18)17-12-8-10(15)4-5-11(12)14(19)20-3/h4-5,8-9,16H,6-7H2,1-3H3,(H,17,18). The average Bonchev–Trinajstić information content (AvgIpc) is 2.37. The Morgan fingerprint density at radius 3 is 2.65 bits per heavy atom. The molecule has 0 aliphatic heterocycles. The minimum Gasteiger partial charge on any atom is -0.465 e. The minimum atomic E-state index is -0.624. The van der Waals surface area contributed by atoms with Crippen molar-refractivity contribution < 1.29 is 18.7 Å². The van der Waals surface area contributed by atoms with Crippen molar-refractivity contribution in [3.8, 4) is 0 Å². The van der Waals surface area contributed by atoms with Crippen LogP contribution < -0.4 is 10.6 Å². The third-order valence-electron chi connectivity index (χ3n) is 2.57. The molecule has 0 aliphatic carbocycles. The molecule has 0 saturated heterocycles. The molecule has 1 aromatic rings. The van der Waals surface area contributed by atoms with Crippen molar-refractivity contribution in [1.29, 1.82) is 0 Å². The zero-order valence-electron chi connectivity index (χ0n) is 11.8. The van der Waals surface area contributed by atoms with Gasteiger partial charge in [-0.05, 0) is 18.2 Å². The quantitative estimate of drug-likeness (QED) is 0.782. The number of carbonyl (C=O) groups excluding carboxylic acids is 2. The van der Waals surface area contributed by atoms with E-state index in [4.69, 9.17) is 0 Å². The van der Waals surface area contributed by atoms with Gasteiger partial charge < -0.3 is 15.4 Å². The van der Waals surface area contributed by atoms with Gasteiger partial charge in [0.2, 0.25) is 5.91 Å². The van der Waals surface area contributed by atoms with Crippen molar-refractivity contribution in [3.05, 3.63) is 29.6 Å². The highest BCUT2D eigenvalue weighted by Crippen LogP contribution is 2.18. The highest BCUT2D eigenvalue weighted by atomic mass is 19.1. The van der Waals surface area contributed by atoms with Crippen LogP contribution in [0.2, 0.25) is 0 Å². The lowest BCUT2D eigenvalue weighted by atomic mass is 10.1. The zero-order chi connectivity index (χ0) is 15.1. The number of halogens is 1. The maximum absolute atomic E-state index is 13.2. The molecule has 0 aromatic heterocycles. The number of rotatable bonds is 6. The molecule has 20 heavy (non-hydrogen) atoms. The molecule has 0 bridgehead atoms. The molecule has 0 saturated carbocycles. The van der Waals surface area contributed by atoms with Gasteiger partial charge in [-0.2, -0.15) is 0 Å². The summed E-state index contributed by atoms with van der Waals surface area (Å²) < 4.78 is 17.8. The molecule has 110 valence electrons. The van der Waals surface area contributed by atoms with E-state index in [0.717, 1.165) is 12.1 Å². The summed E-state index contributed by atoms with van der Waals surface area (Å²) >= 11 is 0. The molecule has 1 rings (SSSR count). The third-order valence-corrected chi connectivity index (χ3v) is 2.57. The average molecular weight is 282 g/mol. The van der Waals surface area contributed by atoms with Gasteiger partial charge in [-0.25, -0.2) is 9.18 Å². The lowest BCUT2D eigenvalue weighted by Gasteiger charge is -2.11. The molecule has 0 atom stereocenters. The zero-order valence-corrected chi connectivity index (χ0v) is 11.8. The predicted molar refractivity (Wildman–Crippen MR) is 74.1 cm³/mol. The summed E-state index contributed by atoms with van der Waals surface area (Å²) in [5.74, 6) is -1.46. The van der Waals surface area contributed by atoms with Gasteiger partial charge >= 0.3 is 5.97 Å². The highest BCUT2D eigenvalue weighted by Gasteiger charge is 2.14. The summed E-state index contributed by atoms with van der Waals surface area (Å²) in [4.78, 5) is 23.3. The van der Waals surface area contributed by atoms with Gasteiger partial charge in [0, 0.05) is 19.0 Å². The molecule has 0 unspecified atom stereocenters. The Bertz CT molecular complexity index is 489. The van der Waals surface area contributed by atoms with Crippen LogP contribution in [0.15, 0.2) is 18.2 Å². The monoisotopic (exact) mass is 282 g/mol. The minimum absolute atomic E-state index is 0.117. The number of anilines is 1. The molecule has 0 aliphatic rings. The molecule has 6 heteroatoms. The van der Waals surface area contributed by atoms with E-state index in [-0.39, 0.29) is 29.6 Å². The fraction of sp³-hybridized carbons (Fsp3) is 0.429. The van der Waals surface area contributed by atoms with Crippen molar-refractivity contribution >= 4 is 17.6 Å². The number of amides is 1. The summed E-state index contributed by atoms with van der Waals surface area (Å²) in [7, 11) is 1.23. The summed E-state index contributed by atoms with van der Waals surface area (Å²) in [6, 6.07) is 3.80. The van der Waals surface area contributed by atoms with Gasteiger partial charge in [0.05, 0.1) is 18.4 Å². The Kier molecular flexibility index (Phi) is 6.11. The number of nitrogens with one attached hydrogen (secondary N) is 2. The van der Waals surface area contributed by atoms with Crippen LogP contribution >= 0.6 is 0 Å². The van der Waals surface area contributed by atoms with E-state index in [2.05, 4.69) is 15.4 Å². The van der Waals surface area contributed by atoms with Gasteiger partial charge in [0.1, 0.15) is 5.82 Å². The van der Waals surface area contributed by atoms with Crippen LogP contribution in [-0.2, 0) is 9.53 Å². The number of hydrogen-bond acceptors (Lipinski definition) is 4. The van der Waals surface area contributed by atoms with Crippen molar-refractivity contribution in [3.63, 3.8) is 0 Å². The molecule has 0 radical (unpaired) electrons. The second-order valence-electron chi connectivity index (χ2n) is 4.59. The molecule has 0 spiro atoms. The Balaban J connectivity index is 2.72. The van der Waals surface area contributed by atoms with Crippen molar-refractivity contribution in [2.24, 2.45) is 0 Å². The molecule has 0 heterocycles. The van der Waals surface area contributed by atoms with Crippen LogP contribution in [0.5, 0.6) is 0 Å². The highest BCUT2D eigenvalue weighted by molar-refractivity contribution is 6.01. The van der Waals surface area contributed by atoms with E-state index in [1.54, 1.807) is 0 Å². The maximum Gasteiger partial charge on any atom is 0.339 e. The number of ether oxygens (including phenoxy) is 1. The predicted octanol–water partition coefficient (Wildman–Crippen LogP) is 1.94. The number of benzene rings is 1. The van der Waals surface area contributed by atoms with Crippen molar-refractivity contribution in [2.75, 3.05) is 19.0 Å². The Hall–Kier alpha value is -1.95. The first-order valence-electron chi connectivity index (χ1n) is 6.35. The second-order valence-corrected chi connectivity index (χ2v) is 4.59. The first-order valence-corrected chi connectivity index (χ1v) is 6.35. The van der Waals surface area contributed by atoms with E-state index in [0.29, 0.717) is 6.54 Å². The third kappa shape index (κ3) is 4.97. The summed E-state index contributed by atoms with van der Waals surface area (Å²) in [5, 5.41) is 5.62. The van der Waals surface area contributed by atoms with E-state index >= 15 is 0 Å². The van der Waals surface area contributed by atoms with E-state index in [9.17, 15) is 14.0 Å². The van der Waals surface area contributed by atoms with Crippen LogP contribution in [0.3, 0.4) is 0 Å². The molecular formula is C14H19FN2O3. The number of methoxy groups -OCH3 is 1. The summed E-state index contributed by atoms with van der Waals surface area (Å²) in [5.41, 5.74) is 0.241. The fourth-order valence-corrected chi connectivity index (χ4v) is 1.59. The Morgan fingerprint density at radius 2 is 2.05 bits per heavy atom. The van der Waals surface area contributed by atoms with Crippen LogP contribution in [0, 0.1) is 5.82 Å². The normalized spacial score (nSPS) is 10.4. The summed E-state index contributed by atoms with van der Waals surface area (Å²) in [6.07, 6.45) is 0.231. The molecule has 2 N–H and O–H groups in total. The number of hydrogen-bond donors (Lipinski definition) is 2. The molecular weight excluding hydrogens is 263 g/mol. The van der Waals surface area contributed by atoms with E-state index in [1.165, 1.54) is 13.2 Å². The Morgan fingerprint density at radius 1 is 1.35 bits per heavy atom. The largest absolute Gasteiger partial charge is 0.465 e.